The maximum Gasteiger partial charge on any atom is 0.336 e. The number of ether oxygens (including phenoxy) is 4. The molecule has 2 aliphatic rings. The Labute approximate surface area is 216 Å². The van der Waals surface area contributed by atoms with Gasteiger partial charge >= 0.3 is 5.97 Å². The number of carboxylic acids is 1. The summed E-state index contributed by atoms with van der Waals surface area (Å²) < 4.78 is 21.9. The van der Waals surface area contributed by atoms with Crippen LogP contribution < -0.4 is 10.6 Å². The molecule has 0 spiro atoms. The Balaban J connectivity index is 1.85. The van der Waals surface area contributed by atoms with E-state index in [1.54, 1.807) is 0 Å². The lowest BCUT2D eigenvalue weighted by molar-refractivity contribution is -0.336. The van der Waals surface area contributed by atoms with E-state index in [2.05, 4.69) is 10.6 Å². The van der Waals surface area contributed by atoms with Crippen LogP contribution in [0.25, 0.3) is 0 Å². The lowest BCUT2D eigenvalue weighted by Gasteiger charge is -2.47. The van der Waals surface area contributed by atoms with Gasteiger partial charge in [0.05, 0.1) is 30.4 Å². The van der Waals surface area contributed by atoms with Gasteiger partial charge in [-0.25, -0.2) is 4.79 Å². The van der Waals surface area contributed by atoms with Crippen molar-refractivity contribution in [3.05, 3.63) is 35.4 Å². The van der Waals surface area contributed by atoms with E-state index in [4.69, 9.17) is 18.9 Å². The molecule has 2 heterocycles. The fourth-order valence-electron chi connectivity index (χ4n) is 4.45. The minimum atomic E-state index is -1.81. The topological polar surface area (TPSA) is 234 Å². The molecule has 15 nitrogen and oxygen atoms in total. The first-order valence-corrected chi connectivity index (χ1v) is 11.7. The van der Waals surface area contributed by atoms with E-state index in [1.807, 2.05) is 0 Å². The molecule has 10 atom stereocenters. The number of rotatable bonds is 9. The first-order chi connectivity index (χ1) is 18.0. The summed E-state index contributed by atoms with van der Waals surface area (Å²) in [6.07, 6.45) is -11.9. The molecule has 0 unspecified atom stereocenters. The maximum absolute atomic E-state index is 12.9. The molecule has 0 bridgehead atoms. The predicted octanol–water partition coefficient (Wildman–Crippen LogP) is -3.46. The fourth-order valence-corrected chi connectivity index (χ4v) is 4.45. The molecule has 2 aliphatic heterocycles. The summed E-state index contributed by atoms with van der Waals surface area (Å²) >= 11 is 0. The number of hydrogen-bond acceptors (Lipinski definition) is 12. The first kappa shape index (κ1) is 29.8. The van der Waals surface area contributed by atoms with Gasteiger partial charge < -0.3 is 60.2 Å². The van der Waals surface area contributed by atoms with E-state index in [9.17, 15) is 45.0 Å². The molecule has 0 saturated carbocycles. The third-order valence-corrected chi connectivity index (χ3v) is 6.33. The second-order valence-electron chi connectivity index (χ2n) is 8.84. The summed E-state index contributed by atoms with van der Waals surface area (Å²) in [6.45, 7) is -0.237. The number of carboxylic acid groups (broad SMARTS) is 1. The van der Waals surface area contributed by atoms with E-state index in [-0.39, 0.29) is 11.1 Å². The number of aliphatic hydroxyl groups excluding tert-OH is 5. The van der Waals surface area contributed by atoms with Crippen molar-refractivity contribution in [2.75, 3.05) is 20.3 Å². The van der Waals surface area contributed by atoms with Crippen molar-refractivity contribution in [2.45, 2.75) is 68.2 Å². The molecular weight excluding hydrogens is 512 g/mol. The molecule has 15 heteroatoms. The van der Waals surface area contributed by atoms with Crippen molar-refractivity contribution in [1.82, 2.24) is 10.6 Å². The van der Waals surface area contributed by atoms with Gasteiger partial charge in [-0.05, 0) is 12.1 Å². The molecular formula is C23H32N2O13. The number of methoxy groups -OCH3 is 1. The van der Waals surface area contributed by atoms with Crippen LogP contribution in [0.15, 0.2) is 24.3 Å². The molecule has 2 saturated heterocycles. The number of aliphatic hydroxyl groups is 5. The third kappa shape index (κ3) is 6.28. The number of carbonyl (C=O) groups excluding carboxylic acids is 2. The van der Waals surface area contributed by atoms with Crippen LogP contribution in [0.2, 0.25) is 0 Å². The summed E-state index contributed by atoms with van der Waals surface area (Å²) in [4.78, 5) is 36.0. The second-order valence-corrected chi connectivity index (χ2v) is 8.84. The number of amides is 2. The maximum atomic E-state index is 12.9. The normalized spacial score (nSPS) is 35.3. The highest BCUT2D eigenvalue weighted by Gasteiger charge is 2.51. The lowest BCUT2D eigenvalue weighted by atomic mass is 9.94. The van der Waals surface area contributed by atoms with Crippen molar-refractivity contribution in [1.29, 1.82) is 0 Å². The van der Waals surface area contributed by atoms with Crippen LogP contribution in [0, 0.1) is 0 Å². The molecule has 0 radical (unpaired) electrons. The zero-order valence-electron chi connectivity index (χ0n) is 20.5. The van der Waals surface area contributed by atoms with E-state index in [0.29, 0.717) is 0 Å². The highest BCUT2D eigenvalue weighted by atomic mass is 16.7. The molecule has 3 rings (SSSR count). The second kappa shape index (κ2) is 12.9. The molecule has 2 fully saturated rings. The lowest BCUT2D eigenvalue weighted by Crippen LogP contribution is -2.69. The van der Waals surface area contributed by atoms with E-state index >= 15 is 0 Å². The predicted molar refractivity (Wildman–Crippen MR) is 124 cm³/mol. The molecule has 212 valence electrons. The highest BCUT2D eigenvalue weighted by molar-refractivity contribution is 6.04. The Bertz CT molecular complexity index is 994. The van der Waals surface area contributed by atoms with Crippen LogP contribution in [-0.4, -0.2) is 130 Å². The summed E-state index contributed by atoms with van der Waals surface area (Å²) in [5.41, 5.74) is -0.568. The Morgan fingerprint density at radius 3 is 2.03 bits per heavy atom. The van der Waals surface area contributed by atoms with Gasteiger partial charge in [0, 0.05) is 14.0 Å². The SMILES string of the molecule is CO[C@@H]1O[C@H](CO)[C@@H](O[C@@H]2O[C@H](CO)[C@H](O)[C@H](NC(=O)c3ccccc3C(=O)O)[C@H]2O)[C@H](O)[C@H]1NC(C)=O. The van der Waals surface area contributed by atoms with Crippen molar-refractivity contribution in [3.8, 4) is 0 Å². The number of nitrogens with one attached hydrogen (secondary N) is 2. The molecule has 1 aromatic carbocycles. The van der Waals surface area contributed by atoms with Crippen molar-refractivity contribution in [3.63, 3.8) is 0 Å². The largest absolute Gasteiger partial charge is 0.478 e. The van der Waals surface area contributed by atoms with Crippen LogP contribution in [-0.2, 0) is 23.7 Å². The standard InChI is InChI=1S/C23H32N2O13/c1-9(28)24-15-17(30)19(13(8-27)37-22(15)35-2)38-23-18(31)14(16(29)12(7-26)36-23)25-20(32)10-5-3-4-6-11(10)21(33)34/h3-6,12-19,22-23,26-27,29-31H,7-8H2,1-2H3,(H,24,28)(H,25,32)(H,33,34)/t12-,13-,14+,15-,16+,17-,18-,19-,22-,23+/m1/s1. The number of aromatic carboxylic acids is 1. The van der Waals surface area contributed by atoms with Gasteiger partial charge in [-0.3, -0.25) is 9.59 Å². The smallest absolute Gasteiger partial charge is 0.336 e. The average molecular weight is 545 g/mol. The minimum Gasteiger partial charge on any atom is -0.478 e. The van der Waals surface area contributed by atoms with E-state index in [0.717, 1.165) is 0 Å². The summed E-state index contributed by atoms with van der Waals surface area (Å²) in [5.74, 6) is -2.84. The van der Waals surface area contributed by atoms with Crippen molar-refractivity contribution in [2.24, 2.45) is 0 Å². The van der Waals surface area contributed by atoms with Crippen LogP contribution in [0.3, 0.4) is 0 Å². The fraction of sp³-hybridized carbons (Fsp3) is 0.609. The minimum absolute atomic E-state index is 0.246. The summed E-state index contributed by atoms with van der Waals surface area (Å²) in [6, 6.07) is 2.63. The van der Waals surface area contributed by atoms with Crippen LogP contribution in [0.1, 0.15) is 27.6 Å². The van der Waals surface area contributed by atoms with Gasteiger partial charge in [-0.15, -0.1) is 0 Å². The van der Waals surface area contributed by atoms with Gasteiger partial charge in [0.15, 0.2) is 12.6 Å². The monoisotopic (exact) mass is 544 g/mol. The van der Waals surface area contributed by atoms with Gasteiger partial charge in [-0.2, -0.15) is 0 Å². The van der Waals surface area contributed by atoms with Gasteiger partial charge in [-0.1, -0.05) is 12.1 Å². The molecule has 8 N–H and O–H groups in total. The Morgan fingerprint density at radius 2 is 1.47 bits per heavy atom. The van der Waals surface area contributed by atoms with Crippen molar-refractivity contribution >= 4 is 17.8 Å². The first-order valence-electron chi connectivity index (χ1n) is 11.7. The average Bonchev–Trinajstić information content (AvgIpc) is 2.89. The molecule has 2 amide bonds. The van der Waals surface area contributed by atoms with Gasteiger partial charge in [0.1, 0.15) is 42.7 Å². The Kier molecular flexibility index (Phi) is 10.1. The molecule has 0 aromatic heterocycles. The molecule has 0 aliphatic carbocycles. The highest BCUT2D eigenvalue weighted by Crippen LogP contribution is 2.29. The molecule has 1 aromatic rings. The van der Waals surface area contributed by atoms with Crippen LogP contribution in [0.5, 0.6) is 0 Å². The van der Waals surface area contributed by atoms with Crippen molar-refractivity contribution < 1.29 is 64.0 Å². The van der Waals surface area contributed by atoms with Gasteiger partial charge in [0.2, 0.25) is 5.91 Å². The quantitative estimate of drug-likeness (QED) is 0.151. The van der Waals surface area contributed by atoms with Crippen LogP contribution in [0.4, 0.5) is 0 Å². The zero-order chi connectivity index (χ0) is 28.1. The number of hydrogen-bond donors (Lipinski definition) is 8. The van der Waals surface area contributed by atoms with Crippen LogP contribution >= 0.6 is 0 Å². The number of carbonyl (C=O) groups is 3. The zero-order valence-corrected chi connectivity index (χ0v) is 20.5. The third-order valence-electron chi connectivity index (χ3n) is 6.33. The Morgan fingerprint density at radius 1 is 0.868 bits per heavy atom. The summed E-state index contributed by atoms with van der Waals surface area (Å²) in [7, 11) is 1.26. The van der Waals surface area contributed by atoms with Gasteiger partial charge in [0.25, 0.3) is 5.91 Å². The summed E-state index contributed by atoms with van der Waals surface area (Å²) in [5, 5.41) is 66.3. The Hall–Kier alpha value is -2.73. The van der Waals surface area contributed by atoms with E-state index in [1.165, 1.54) is 38.3 Å². The molecule has 38 heavy (non-hydrogen) atoms. The van der Waals surface area contributed by atoms with E-state index < -0.39 is 92.3 Å². The number of benzene rings is 1.